The van der Waals surface area contributed by atoms with Crippen LogP contribution in [-0.4, -0.2) is 16.1 Å². The molecule has 1 aliphatic rings. The Morgan fingerprint density at radius 2 is 2.10 bits per heavy atom. The molecule has 1 saturated heterocycles. The third-order valence-corrected chi connectivity index (χ3v) is 4.64. The van der Waals surface area contributed by atoms with Crippen LogP contribution in [-0.2, 0) is 4.79 Å². The number of thioether (sulfide) groups is 1. The maximum atomic E-state index is 14.0. The number of nitrogens with zero attached hydrogens (tertiary/aromatic N) is 2. The lowest BCUT2D eigenvalue weighted by Gasteiger charge is -2.24. The van der Waals surface area contributed by atoms with E-state index in [9.17, 15) is 13.6 Å². The van der Waals surface area contributed by atoms with Crippen molar-refractivity contribution < 1.29 is 13.6 Å². The molecule has 0 bridgehead atoms. The topological polar surface area (TPSA) is 33.2 Å². The molecule has 1 aliphatic heterocycles. The van der Waals surface area contributed by atoms with E-state index >= 15 is 0 Å². The SMILES string of the molecule is CC1SC(c2cccnc2)N(c2ccc(F)cc2F)C1=O. The molecule has 108 valence electrons. The molecule has 1 aromatic carbocycles. The molecule has 1 fully saturated rings. The van der Waals surface area contributed by atoms with Crippen LogP contribution in [0.25, 0.3) is 0 Å². The van der Waals surface area contributed by atoms with Gasteiger partial charge in [0.05, 0.1) is 10.9 Å². The van der Waals surface area contributed by atoms with Crippen molar-refractivity contribution in [1.29, 1.82) is 0 Å². The predicted molar refractivity (Wildman–Crippen MR) is 77.9 cm³/mol. The highest BCUT2D eigenvalue weighted by atomic mass is 32.2. The quantitative estimate of drug-likeness (QED) is 0.851. The minimum absolute atomic E-state index is 0.0899. The first-order chi connectivity index (χ1) is 10.1. The molecular weight excluding hydrogens is 294 g/mol. The summed E-state index contributed by atoms with van der Waals surface area (Å²) >= 11 is 1.42. The molecule has 1 aromatic heterocycles. The number of amides is 1. The van der Waals surface area contributed by atoms with Gasteiger partial charge in [0.2, 0.25) is 5.91 Å². The summed E-state index contributed by atoms with van der Waals surface area (Å²) in [4.78, 5) is 17.8. The second-order valence-electron chi connectivity index (χ2n) is 4.72. The lowest BCUT2D eigenvalue weighted by molar-refractivity contribution is -0.117. The number of carbonyl (C=O) groups excluding carboxylic acids is 1. The highest BCUT2D eigenvalue weighted by Gasteiger charge is 2.40. The molecule has 0 saturated carbocycles. The summed E-state index contributed by atoms with van der Waals surface area (Å²) in [6, 6.07) is 6.84. The van der Waals surface area contributed by atoms with Gasteiger partial charge < -0.3 is 0 Å². The van der Waals surface area contributed by atoms with Crippen molar-refractivity contribution in [3.8, 4) is 0 Å². The van der Waals surface area contributed by atoms with Gasteiger partial charge in [0.15, 0.2) is 0 Å². The number of hydrogen-bond acceptors (Lipinski definition) is 3. The van der Waals surface area contributed by atoms with Gasteiger partial charge in [0.25, 0.3) is 0 Å². The summed E-state index contributed by atoms with van der Waals surface area (Å²) in [5.74, 6) is -1.60. The third-order valence-electron chi connectivity index (χ3n) is 3.29. The zero-order chi connectivity index (χ0) is 15.0. The summed E-state index contributed by atoms with van der Waals surface area (Å²) in [6.45, 7) is 1.78. The molecule has 2 atom stereocenters. The molecule has 3 nitrogen and oxygen atoms in total. The lowest BCUT2D eigenvalue weighted by atomic mass is 10.2. The van der Waals surface area contributed by atoms with Crippen LogP contribution in [0.4, 0.5) is 14.5 Å². The van der Waals surface area contributed by atoms with E-state index in [1.807, 2.05) is 6.07 Å². The Hall–Kier alpha value is -1.95. The Balaban J connectivity index is 2.06. The zero-order valence-corrected chi connectivity index (χ0v) is 12.0. The van der Waals surface area contributed by atoms with Gasteiger partial charge in [-0.25, -0.2) is 8.78 Å². The van der Waals surface area contributed by atoms with Gasteiger partial charge in [0, 0.05) is 24.0 Å². The van der Waals surface area contributed by atoms with Gasteiger partial charge in [-0.15, -0.1) is 11.8 Å². The van der Waals surface area contributed by atoms with Gasteiger partial charge in [0.1, 0.15) is 17.0 Å². The summed E-state index contributed by atoms with van der Waals surface area (Å²) in [5, 5.41) is -0.652. The van der Waals surface area contributed by atoms with Crippen molar-refractivity contribution in [3.63, 3.8) is 0 Å². The van der Waals surface area contributed by atoms with Gasteiger partial charge >= 0.3 is 0 Å². The number of aromatic nitrogens is 1. The highest BCUT2D eigenvalue weighted by Crippen LogP contribution is 2.45. The molecule has 1 amide bonds. The molecular formula is C15H12F2N2OS. The van der Waals surface area contributed by atoms with Crippen molar-refractivity contribution in [3.05, 3.63) is 59.9 Å². The number of pyridine rings is 1. The number of hydrogen-bond donors (Lipinski definition) is 0. The van der Waals surface area contributed by atoms with E-state index in [0.717, 1.165) is 17.7 Å². The average molecular weight is 306 g/mol. The number of benzene rings is 1. The molecule has 2 unspecified atom stereocenters. The first-order valence-corrected chi connectivity index (χ1v) is 7.35. The Kier molecular flexibility index (Phi) is 3.63. The molecule has 0 spiro atoms. The van der Waals surface area contributed by atoms with Gasteiger partial charge in [-0.2, -0.15) is 0 Å². The molecule has 2 aromatic rings. The number of rotatable bonds is 2. The minimum Gasteiger partial charge on any atom is -0.292 e. The van der Waals surface area contributed by atoms with Crippen molar-refractivity contribution >= 4 is 23.4 Å². The van der Waals surface area contributed by atoms with Crippen molar-refractivity contribution in [2.75, 3.05) is 4.90 Å². The van der Waals surface area contributed by atoms with Crippen LogP contribution in [0.1, 0.15) is 17.9 Å². The standard InChI is InChI=1S/C15H12F2N2OS/c1-9-14(20)19(13-5-4-11(16)7-12(13)17)15(21-9)10-3-2-6-18-8-10/h2-9,15H,1H3. The Labute approximate surface area is 125 Å². The Morgan fingerprint density at radius 1 is 1.29 bits per heavy atom. The van der Waals surface area contributed by atoms with Crippen molar-refractivity contribution in [2.45, 2.75) is 17.5 Å². The van der Waals surface area contributed by atoms with Crippen LogP contribution >= 0.6 is 11.8 Å². The fraction of sp³-hybridized carbons (Fsp3) is 0.200. The van der Waals surface area contributed by atoms with Gasteiger partial charge in [-0.3, -0.25) is 14.7 Å². The summed E-state index contributed by atoms with van der Waals surface area (Å²) in [7, 11) is 0. The zero-order valence-electron chi connectivity index (χ0n) is 11.2. The Bertz CT molecular complexity index is 681. The van der Waals surface area contributed by atoms with Crippen LogP contribution in [0.2, 0.25) is 0 Å². The van der Waals surface area contributed by atoms with E-state index in [1.54, 1.807) is 25.4 Å². The largest absolute Gasteiger partial charge is 0.292 e. The Morgan fingerprint density at radius 3 is 2.76 bits per heavy atom. The van der Waals surface area contributed by atoms with Crippen LogP contribution < -0.4 is 4.90 Å². The maximum Gasteiger partial charge on any atom is 0.241 e. The normalized spacial score (nSPS) is 21.9. The number of anilines is 1. The number of carbonyl (C=O) groups is 1. The monoisotopic (exact) mass is 306 g/mol. The highest BCUT2D eigenvalue weighted by molar-refractivity contribution is 8.01. The van der Waals surface area contributed by atoms with Crippen LogP contribution in [0.15, 0.2) is 42.7 Å². The molecule has 2 heterocycles. The van der Waals surface area contributed by atoms with Crippen LogP contribution in [0.5, 0.6) is 0 Å². The lowest BCUT2D eigenvalue weighted by Crippen LogP contribution is -2.31. The smallest absolute Gasteiger partial charge is 0.241 e. The summed E-state index contributed by atoms with van der Waals surface area (Å²) < 4.78 is 27.1. The average Bonchev–Trinajstić information content (AvgIpc) is 2.76. The van der Waals surface area contributed by atoms with Crippen LogP contribution in [0.3, 0.4) is 0 Å². The molecule has 0 radical (unpaired) electrons. The molecule has 3 rings (SSSR count). The van der Waals surface area contributed by atoms with Crippen molar-refractivity contribution in [2.24, 2.45) is 0 Å². The predicted octanol–water partition coefficient (Wildman–Crippen LogP) is 3.53. The summed E-state index contributed by atoms with van der Waals surface area (Å²) in [6.07, 6.45) is 3.29. The maximum absolute atomic E-state index is 14.0. The van der Waals surface area contributed by atoms with Gasteiger partial charge in [-0.1, -0.05) is 6.07 Å². The van der Waals surface area contributed by atoms with E-state index in [-0.39, 0.29) is 22.2 Å². The molecule has 0 aliphatic carbocycles. The van der Waals surface area contributed by atoms with Crippen LogP contribution in [0, 0.1) is 11.6 Å². The summed E-state index contributed by atoms with van der Waals surface area (Å²) in [5.41, 5.74) is 0.899. The van der Waals surface area contributed by atoms with E-state index in [4.69, 9.17) is 0 Å². The first-order valence-electron chi connectivity index (χ1n) is 6.41. The van der Waals surface area contributed by atoms with Crippen molar-refractivity contribution in [1.82, 2.24) is 4.98 Å². The van der Waals surface area contributed by atoms with E-state index in [1.165, 1.54) is 22.7 Å². The van der Waals surface area contributed by atoms with E-state index < -0.39 is 11.6 Å². The fourth-order valence-electron chi connectivity index (χ4n) is 2.30. The van der Waals surface area contributed by atoms with Gasteiger partial charge in [-0.05, 0) is 25.1 Å². The first kappa shape index (κ1) is 14.0. The third kappa shape index (κ3) is 2.51. The molecule has 0 N–H and O–H groups in total. The minimum atomic E-state index is -0.744. The fourth-order valence-corrected chi connectivity index (χ4v) is 3.55. The number of halogens is 2. The second-order valence-corrected chi connectivity index (χ2v) is 6.15. The van der Waals surface area contributed by atoms with E-state index in [0.29, 0.717) is 0 Å². The second kappa shape index (κ2) is 5.44. The van der Waals surface area contributed by atoms with E-state index in [2.05, 4.69) is 4.98 Å². The molecule has 6 heteroatoms. The molecule has 21 heavy (non-hydrogen) atoms.